The molecule has 3 rings (SSSR count). The lowest BCUT2D eigenvalue weighted by molar-refractivity contribution is -0.130. The van der Waals surface area contributed by atoms with Crippen molar-refractivity contribution in [3.05, 3.63) is 12.3 Å². The lowest BCUT2D eigenvalue weighted by Crippen LogP contribution is -2.48. The first-order valence-corrected chi connectivity index (χ1v) is 9.88. The quantitative estimate of drug-likeness (QED) is 0.711. The van der Waals surface area contributed by atoms with Gasteiger partial charge in [0.1, 0.15) is 0 Å². The van der Waals surface area contributed by atoms with Gasteiger partial charge in [-0.3, -0.25) is 14.4 Å². The molecule has 1 aliphatic heterocycles. The summed E-state index contributed by atoms with van der Waals surface area (Å²) in [6.07, 6.45) is 10.7. The maximum atomic E-state index is 11.3. The molecule has 6 nitrogen and oxygen atoms in total. The lowest BCUT2D eigenvalue weighted by Gasteiger charge is -2.34. The SMILES string of the molecule is CC(=O)N1CCN(CCCCOc2ccn(C3CCCCC3)n2)CC1. The van der Waals surface area contributed by atoms with E-state index in [1.165, 1.54) is 32.1 Å². The van der Waals surface area contributed by atoms with Crippen LogP contribution in [0.25, 0.3) is 0 Å². The highest BCUT2D eigenvalue weighted by molar-refractivity contribution is 5.73. The second-order valence-corrected chi connectivity index (χ2v) is 7.33. The Morgan fingerprint density at radius 2 is 1.92 bits per heavy atom. The number of aromatic nitrogens is 2. The van der Waals surface area contributed by atoms with Gasteiger partial charge in [0.05, 0.1) is 12.6 Å². The first-order chi connectivity index (χ1) is 12.2. The topological polar surface area (TPSA) is 50.6 Å². The molecular formula is C19H32N4O2. The average Bonchev–Trinajstić information content (AvgIpc) is 3.11. The number of hydrogen-bond donors (Lipinski definition) is 0. The molecule has 0 spiro atoms. The molecule has 0 aromatic carbocycles. The molecule has 0 radical (unpaired) electrons. The highest BCUT2D eigenvalue weighted by Gasteiger charge is 2.18. The van der Waals surface area contributed by atoms with E-state index in [0.717, 1.165) is 58.1 Å². The van der Waals surface area contributed by atoms with Crippen molar-refractivity contribution >= 4 is 5.91 Å². The molecule has 25 heavy (non-hydrogen) atoms. The van der Waals surface area contributed by atoms with Gasteiger partial charge in [0.25, 0.3) is 0 Å². The highest BCUT2D eigenvalue weighted by atomic mass is 16.5. The van der Waals surface area contributed by atoms with Gasteiger partial charge in [-0.15, -0.1) is 5.10 Å². The number of amides is 1. The molecule has 1 aromatic rings. The number of unbranched alkanes of at least 4 members (excludes halogenated alkanes) is 1. The standard InChI is InChI=1S/C19H32N4O2/c1-17(24)22-14-12-21(13-15-22)10-5-6-16-25-19-9-11-23(20-19)18-7-3-2-4-8-18/h9,11,18H,2-8,10,12-16H2,1H3. The van der Waals surface area contributed by atoms with Crippen LogP contribution in [0.1, 0.15) is 57.9 Å². The Kier molecular flexibility index (Phi) is 6.73. The molecule has 1 aromatic heterocycles. The van der Waals surface area contributed by atoms with Gasteiger partial charge in [0, 0.05) is 45.4 Å². The molecule has 0 unspecified atom stereocenters. The van der Waals surface area contributed by atoms with Gasteiger partial charge in [-0.1, -0.05) is 19.3 Å². The van der Waals surface area contributed by atoms with Crippen molar-refractivity contribution in [2.24, 2.45) is 0 Å². The van der Waals surface area contributed by atoms with Crippen LogP contribution in [0.4, 0.5) is 0 Å². The summed E-state index contributed by atoms with van der Waals surface area (Å²) in [6, 6.07) is 2.56. The Morgan fingerprint density at radius 3 is 2.64 bits per heavy atom. The lowest BCUT2D eigenvalue weighted by atomic mass is 9.96. The fraction of sp³-hybridized carbons (Fsp3) is 0.789. The van der Waals surface area contributed by atoms with E-state index in [1.807, 2.05) is 11.0 Å². The molecule has 2 heterocycles. The number of piperazine rings is 1. The van der Waals surface area contributed by atoms with Crippen molar-refractivity contribution in [3.63, 3.8) is 0 Å². The van der Waals surface area contributed by atoms with Gasteiger partial charge in [0.2, 0.25) is 11.8 Å². The van der Waals surface area contributed by atoms with Crippen molar-refractivity contribution in [3.8, 4) is 5.88 Å². The molecule has 1 aliphatic carbocycles. The van der Waals surface area contributed by atoms with Crippen LogP contribution in [-0.2, 0) is 4.79 Å². The normalized spacial score (nSPS) is 20.0. The van der Waals surface area contributed by atoms with Crippen molar-refractivity contribution in [1.29, 1.82) is 0 Å². The summed E-state index contributed by atoms with van der Waals surface area (Å²) in [7, 11) is 0. The summed E-state index contributed by atoms with van der Waals surface area (Å²) in [5.74, 6) is 0.960. The molecule has 6 heteroatoms. The van der Waals surface area contributed by atoms with Crippen LogP contribution < -0.4 is 4.74 Å². The van der Waals surface area contributed by atoms with Crippen LogP contribution in [0.15, 0.2) is 12.3 Å². The Hall–Kier alpha value is -1.56. The van der Waals surface area contributed by atoms with E-state index in [-0.39, 0.29) is 5.91 Å². The minimum absolute atomic E-state index is 0.195. The van der Waals surface area contributed by atoms with E-state index in [4.69, 9.17) is 4.74 Å². The molecule has 2 fully saturated rings. The maximum Gasteiger partial charge on any atom is 0.232 e. The van der Waals surface area contributed by atoms with Crippen molar-refractivity contribution < 1.29 is 9.53 Å². The molecule has 0 N–H and O–H groups in total. The fourth-order valence-electron chi connectivity index (χ4n) is 3.85. The molecule has 2 aliphatic rings. The van der Waals surface area contributed by atoms with Gasteiger partial charge in [0.15, 0.2) is 0 Å². The van der Waals surface area contributed by atoms with E-state index >= 15 is 0 Å². The Balaban J connectivity index is 1.28. The van der Waals surface area contributed by atoms with Gasteiger partial charge in [-0.05, 0) is 32.2 Å². The largest absolute Gasteiger partial charge is 0.477 e. The van der Waals surface area contributed by atoms with Crippen LogP contribution in [0, 0.1) is 0 Å². The summed E-state index contributed by atoms with van der Waals surface area (Å²) in [4.78, 5) is 15.7. The number of carbonyl (C=O) groups is 1. The molecular weight excluding hydrogens is 316 g/mol. The summed E-state index contributed by atoms with van der Waals surface area (Å²) >= 11 is 0. The minimum Gasteiger partial charge on any atom is -0.477 e. The zero-order chi connectivity index (χ0) is 17.5. The predicted molar refractivity (Wildman–Crippen MR) is 97.8 cm³/mol. The van der Waals surface area contributed by atoms with E-state index in [0.29, 0.717) is 6.04 Å². The number of rotatable bonds is 7. The van der Waals surface area contributed by atoms with Gasteiger partial charge < -0.3 is 9.64 Å². The number of nitrogens with zero attached hydrogens (tertiary/aromatic N) is 4. The van der Waals surface area contributed by atoms with E-state index in [2.05, 4.69) is 20.9 Å². The van der Waals surface area contributed by atoms with Gasteiger partial charge in [-0.25, -0.2) is 0 Å². The van der Waals surface area contributed by atoms with Gasteiger partial charge >= 0.3 is 0 Å². The average molecular weight is 348 g/mol. The van der Waals surface area contributed by atoms with Crippen molar-refractivity contribution in [1.82, 2.24) is 19.6 Å². The minimum atomic E-state index is 0.195. The molecule has 140 valence electrons. The van der Waals surface area contributed by atoms with Crippen LogP contribution in [0.5, 0.6) is 5.88 Å². The maximum absolute atomic E-state index is 11.3. The first kappa shape index (κ1) is 18.2. The third-order valence-electron chi connectivity index (χ3n) is 5.47. The van der Waals surface area contributed by atoms with Gasteiger partial charge in [-0.2, -0.15) is 0 Å². The smallest absolute Gasteiger partial charge is 0.232 e. The van der Waals surface area contributed by atoms with Crippen LogP contribution in [0.2, 0.25) is 0 Å². The predicted octanol–water partition coefficient (Wildman–Crippen LogP) is 2.71. The second kappa shape index (κ2) is 9.22. The van der Waals surface area contributed by atoms with E-state index in [9.17, 15) is 4.79 Å². The first-order valence-electron chi connectivity index (χ1n) is 9.88. The molecule has 0 atom stereocenters. The highest BCUT2D eigenvalue weighted by Crippen LogP contribution is 2.28. The third kappa shape index (κ3) is 5.46. The van der Waals surface area contributed by atoms with Crippen molar-refractivity contribution in [2.45, 2.75) is 57.9 Å². The molecule has 0 bridgehead atoms. The third-order valence-corrected chi connectivity index (χ3v) is 5.47. The van der Waals surface area contributed by atoms with E-state index in [1.54, 1.807) is 6.92 Å². The monoisotopic (exact) mass is 348 g/mol. The second-order valence-electron chi connectivity index (χ2n) is 7.33. The molecule has 1 amide bonds. The Morgan fingerprint density at radius 1 is 1.16 bits per heavy atom. The molecule has 1 saturated carbocycles. The van der Waals surface area contributed by atoms with E-state index < -0.39 is 0 Å². The zero-order valence-electron chi connectivity index (χ0n) is 15.5. The van der Waals surface area contributed by atoms with Crippen LogP contribution in [-0.4, -0.2) is 64.8 Å². The fourth-order valence-corrected chi connectivity index (χ4v) is 3.85. The summed E-state index contributed by atoms with van der Waals surface area (Å²) < 4.78 is 7.91. The Labute approximate surface area is 151 Å². The summed E-state index contributed by atoms with van der Waals surface area (Å²) in [6.45, 7) is 7.19. The van der Waals surface area contributed by atoms with Crippen LogP contribution >= 0.6 is 0 Å². The zero-order valence-corrected chi connectivity index (χ0v) is 15.5. The number of hydrogen-bond acceptors (Lipinski definition) is 4. The summed E-state index contributed by atoms with van der Waals surface area (Å²) in [5.41, 5.74) is 0. The summed E-state index contributed by atoms with van der Waals surface area (Å²) in [5, 5.41) is 4.59. The van der Waals surface area contributed by atoms with Crippen molar-refractivity contribution in [2.75, 3.05) is 39.3 Å². The van der Waals surface area contributed by atoms with Crippen LogP contribution in [0.3, 0.4) is 0 Å². The molecule has 1 saturated heterocycles. The number of ether oxygens (including phenoxy) is 1. The number of carbonyl (C=O) groups excluding carboxylic acids is 1. The Bertz CT molecular complexity index is 531.